The fourth-order valence-electron chi connectivity index (χ4n) is 7.94. The van der Waals surface area contributed by atoms with E-state index in [-0.39, 0.29) is 42.6 Å². The number of urea groups is 2. The number of nitrogens with one attached hydrogen (secondary N) is 4. The summed E-state index contributed by atoms with van der Waals surface area (Å²) in [6.45, 7) is 0. The molecule has 4 N–H and O–H groups in total. The van der Waals surface area contributed by atoms with Crippen LogP contribution in [0.4, 0.5) is 32.3 Å². The molecule has 0 aliphatic rings. The third-order valence-electron chi connectivity index (χ3n) is 11.9. The van der Waals surface area contributed by atoms with Crippen LogP contribution < -0.4 is 38.0 Å². The Bertz CT molecular complexity index is 4130. The van der Waals surface area contributed by atoms with Crippen molar-refractivity contribution in [3.8, 4) is 34.1 Å². The minimum Gasteiger partial charge on any atom is -0.379 e. The standard InChI is InChI=1S/C58H42N4O14S4/c63-57(61-47-19-27-51(28-20-47)75-79(69,70)55-35-13-39-5-1-3-7-43(39)37-55)59-45-15-23-49(24-16-45)73-77(65,66)53-31-9-41(10-32-53)42-11-33-54(34-12-42)78(67,68)74-50-25-17-46(18-26-50)60-58(64)62-48-21-29-52(30-22-48)76-80(71,72)56-36-14-40-6-2-4-8-44(40)38-56/h1-38H,(H2,59,61,63)(H2,60,62,64). The second-order valence-electron chi connectivity index (χ2n) is 17.5. The average molecular weight is 1150 g/mol. The summed E-state index contributed by atoms with van der Waals surface area (Å²) >= 11 is 0. The molecule has 0 bridgehead atoms. The van der Waals surface area contributed by atoms with Crippen molar-refractivity contribution < 1.29 is 60.0 Å². The van der Waals surface area contributed by atoms with Gasteiger partial charge in [0.1, 0.15) is 42.6 Å². The van der Waals surface area contributed by atoms with Crippen molar-refractivity contribution >= 4 is 96.8 Å². The molecule has 0 aromatic heterocycles. The molecule has 0 aliphatic carbocycles. The van der Waals surface area contributed by atoms with Gasteiger partial charge in [0.05, 0.1) is 0 Å². The number of fused-ring (bicyclic) bond motifs is 2. The third-order valence-corrected chi connectivity index (χ3v) is 16.9. The van der Waals surface area contributed by atoms with E-state index in [4.69, 9.17) is 16.7 Å². The van der Waals surface area contributed by atoms with Crippen molar-refractivity contribution in [1.82, 2.24) is 0 Å². The molecular formula is C58H42N4O14S4. The normalized spacial score (nSPS) is 11.8. The summed E-state index contributed by atoms with van der Waals surface area (Å²) in [5.74, 6) is 0.00513. The van der Waals surface area contributed by atoms with Gasteiger partial charge in [-0.1, -0.05) is 84.9 Å². The molecule has 80 heavy (non-hydrogen) atoms. The van der Waals surface area contributed by atoms with E-state index in [1.54, 1.807) is 36.4 Å². The van der Waals surface area contributed by atoms with Crippen molar-refractivity contribution in [2.45, 2.75) is 19.6 Å². The van der Waals surface area contributed by atoms with Gasteiger partial charge in [0.25, 0.3) is 0 Å². The van der Waals surface area contributed by atoms with Gasteiger partial charge in [-0.25, -0.2) is 9.59 Å². The molecule has 0 saturated heterocycles. The number of benzene rings is 10. The van der Waals surface area contributed by atoms with Crippen molar-refractivity contribution in [3.63, 3.8) is 0 Å². The highest BCUT2D eigenvalue weighted by Gasteiger charge is 2.22. The van der Waals surface area contributed by atoms with Gasteiger partial charge in [-0.3, -0.25) is 0 Å². The van der Waals surface area contributed by atoms with Crippen LogP contribution in [0.1, 0.15) is 0 Å². The van der Waals surface area contributed by atoms with Crippen molar-refractivity contribution in [2.75, 3.05) is 21.3 Å². The topological polar surface area (TPSA) is 256 Å². The van der Waals surface area contributed by atoms with Crippen LogP contribution in [0.25, 0.3) is 32.7 Å². The van der Waals surface area contributed by atoms with E-state index in [1.165, 1.54) is 170 Å². The molecule has 0 saturated carbocycles. The number of hydrogen-bond acceptors (Lipinski definition) is 14. The first-order valence-corrected chi connectivity index (χ1v) is 29.5. The second kappa shape index (κ2) is 22.3. The van der Waals surface area contributed by atoms with Gasteiger partial charge >= 0.3 is 52.5 Å². The number of carbonyl (C=O) groups is 2. The second-order valence-corrected chi connectivity index (χ2v) is 23.7. The minimum atomic E-state index is -4.31. The van der Waals surface area contributed by atoms with Gasteiger partial charge < -0.3 is 38.0 Å². The Hall–Kier alpha value is -9.74. The number of hydrogen-bond donors (Lipinski definition) is 4. The summed E-state index contributed by atoms with van der Waals surface area (Å²) in [4.78, 5) is 25.2. The van der Waals surface area contributed by atoms with Gasteiger partial charge in [0.15, 0.2) is 0 Å². The van der Waals surface area contributed by atoms with E-state index < -0.39 is 52.5 Å². The first kappa shape index (κ1) is 53.6. The van der Waals surface area contributed by atoms with E-state index in [9.17, 15) is 43.3 Å². The summed E-state index contributed by atoms with van der Waals surface area (Å²) in [6.07, 6.45) is 0. The molecule has 18 nitrogen and oxygen atoms in total. The third kappa shape index (κ3) is 13.0. The Balaban J connectivity index is 0.668. The predicted molar refractivity (Wildman–Crippen MR) is 302 cm³/mol. The number of anilines is 4. The lowest BCUT2D eigenvalue weighted by molar-refractivity contribution is 0.261. The molecule has 402 valence electrons. The lowest BCUT2D eigenvalue weighted by atomic mass is 10.1. The summed E-state index contributed by atoms with van der Waals surface area (Å²) in [5.41, 5.74) is 2.41. The highest BCUT2D eigenvalue weighted by molar-refractivity contribution is 7.88. The summed E-state index contributed by atoms with van der Waals surface area (Å²) in [6, 6.07) is 56.8. The molecule has 0 atom stereocenters. The smallest absolute Gasteiger partial charge is 0.339 e. The van der Waals surface area contributed by atoms with Gasteiger partial charge in [0, 0.05) is 22.7 Å². The van der Waals surface area contributed by atoms with E-state index in [0.717, 1.165) is 21.5 Å². The average Bonchev–Trinajstić information content (AvgIpc) is 3.46. The van der Waals surface area contributed by atoms with Crippen LogP contribution in [0, 0.1) is 0 Å². The van der Waals surface area contributed by atoms with Crippen LogP contribution in [-0.4, -0.2) is 45.7 Å². The first-order valence-electron chi connectivity index (χ1n) is 23.9. The molecule has 10 aromatic rings. The zero-order valence-electron chi connectivity index (χ0n) is 41.3. The number of amides is 4. The summed E-state index contributed by atoms with van der Waals surface area (Å²) in [7, 11) is -16.9. The Labute approximate surface area is 459 Å². The Morgan fingerprint density at radius 2 is 0.500 bits per heavy atom. The molecule has 0 radical (unpaired) electrons. The molecule has 10 rings (SSSR count). The zero-order valence-corrected chi connectivity index (χ0v) is 44.6. The SMILES string of the molecule is O=C(Nc1ccc(OS(=O)(=O)c2ccc(-c3ccc(S(=O)(=O)Oc4ccc(NC(=O)Nc5ccc(OS(=O)(=O)c6ccc7ccccc7c6)cc5)cc4)cc3)cc2)cc1)Nc1ccc(OS(=O)(=O)c2ccc3ccccc3c2)cc1. The monoisotopic (exact) mass is 1150 g/mol. The fourth-order valence-corrected chi connectivity index (χ4v) is 11.7. The maximum Gasteiger partial charge on any atom is 0.339 e. The highest BCUT2D eigenvalue weighted by Crippen LogP contribution is 2.30. The van der Waals surface area contributed by atoms with Crippen molar-refractivity contribution in [1.29, 1.82) is 0 Å². The fraction of sp³-hybridized carbons (Fsp3) is 0. The maximum atomic E-state index is 13.2. The molecule has 0 fully saturated rings. The predicted octanol–water partition coefficient (Wildman–Crippen LogP) is 12.0. The van der Waals surface area contributed by atoms with Crippen LogP contribution in [0.3, 0.4) is 0 Å². The number of carbonyl (C=O) groups excluding carboxylic acids is 2. The molecule has 22 heteroatoms. The summed E-state index contributed by atoms with van der Waals surface area (Å²) in [5, 5.41) is 13.7. The molecule has 10 aromatic carbocycles. The van der Waals surface area contributed by atoms with Crippen LogP contribution >= 0.6 is 0 Å². The maximum absolute atomic E-state index is 13.2. The number of rotatable bonds is 17. The Kier molecular flexibility index (Phi) is 15.0. The van der Waals surface area contributed by atoms with E-state index in [1.807, 2.05) is 24.3 Å². The van der Waals surface area contributed by atoms with Crippen LogP contribution in [-0.2, 0) is 40.5 Å². The van der Waals surface area contributed by atoms with Crippen molar-refractivity contribution in [3.05, 3.63) is 231 Å². The lowest BCUT2D eigenvalue weighted by Crippen LogP contribution is -2.19. The minimum absolute atomic E-state index is 0.00754. The van der Waals surface area contributed by atoms with Gasteiger partial charge in [0.2, 0.25) is 0 Å². The van der Waals surface area contributed by atoms with Crippen LogP contribution in [0.2, 0.25) is 0 Å². The first-order chi connectivity index (χ1) is 38.3. The molecular weight excluding hydrogens is 1100 g/mol. The largest absolute Gasteiger partial charge is 0.379 e. The van der Waals surface area contributed by atoms with Crippen LogP contribution in [0.15, 0.2) is 250 Å². The summed E-state index contributed by atoms with van der Waals surface area (Å²) < 4.78 is 126. The Morgan fingerprint density at radius 3 is 0.775 bits per heavy atom. The molecule has 0 heterocycles. The lowest BCUT2D eigenvalue weighted by Gasteiger charge is -2.11. The molecule has 0 unspecified atom stereocenters. The molecule has 0 spiro atoms. The molecule has 0 aliphatic heterocycles. The van der Waals surface area contributed by atoms with Crippen molar-refractivity contribution in [2.24, 2.45) is 0 Å². The van der Waals surface area contributed by atoms with E-state index in [0.29, 0.717) is 33.9 Å². The van der Waals surface area contributed by atoms with E-state index >= 15 is 0 Å². The van der Waals surface area contributed by atoms with Gasteiger partial charge in [-0.15, -0.1) is 0 Å². The molecule has 4 amide bonds. The highest BCUT2D eigenvalue weighted by atomic mass is 32.2. The van der Waals surface area contributed by atoms with E-state index in [2.05, 4.69) is 21.3 Å². The van der Waals surface area contributed by atoms with Crippen LogP contribution in [0.5, 0.6) is 23.0 Å². The quantitative estimate of drug-likeness (QED) is 0.0619. The van der Waals surface area contributed by atoms with Gasteiger partial charge in [-0.2, -0.15) is 33.7 Å². The van der Waals surface area contributed by atoms with Gasteiger partial charge in [-0.05, 0) is 178 Å². The Morgan fingerprint density at radius 1 is 0.263 bits per heavy atom. The zero-order chi connectivity index (χ0) is 56.1.